The largest absolute Gasteiger partial charge is 0.489 e. The van der Waals surface area contributed by atoms with Gasteiger partial charge in [-0.1, -0.05) is 30.3 Å². The molecule has 0 amide bonds. The monoisotopic (exact) mass is 323 g/mol. The first kappa shape index (κ1) is 15.4. The summed E-state index contributed by atoms with van der Waals surface area (Å²) in [5, 5.41) is 0. The molecule has 4 rings (SSSR count). The van der Waals surface area contributed by atoms with Crippen LogP contribution >= 0.6 is 0 Å². The first-order valence-corrected chi connectivity index (χ1v) is 8.53. The Kier molecular flexibility index (Phi) is 3.89. The van der Waals surface area contributed by atoms with Crippen molar-refractivity contribution in [3.8, 4) is 0 Å². The molecular formula is C21H22FNO. The van der Waals surface area contributed by atoms with E-state index >= 15 is 0 Å². The Labute approximate surface area is 142 Å². The van der Waals surface area contributed by atoms with Crippen LogP contribution in [0.25, 0.3) is 11.3 Å². The van der Waals surface area contributed by atoms with Gasteiger partial charge in [0.05, 0.1) is 0 Å². The minimum atomic E-state index is -0.202. The molecule has 1 atom stereocenters. The summed E-state index contributed by atoms with van der Waals surface area (Å²) < 4.78 is 20.2. The standard InChI is InChI=1S/C21H22FNO/c1-23(2)10-9-17-13-20-18-6-4-3-5-14(18)11-15-7-8-16(22)12-19(15)21(20)24-17/h3-8,12,17H,9-11,13H2,1-2H3. The van der Waals surface area contributed by atoms with Gasteiger partial charge in [0.1, 0.15) is 17.7 Å². The Morgan fingerprint density at radius 1 is 1.08 bits per heavy atom. The lowest BCUT2D eigenvalue weighted by Gasteiger charge is -2.17. The summed E-state index contributed by atoms with van der Waals surface area (Å²) >= 11 is 0. The second-order valence-corrected chi connectivity index (χ2v) is 6.98. The Balaban J connectivity index is 1.78. The molecule has 1 aliphatic carbocycles. The number of hydrogen-bond acceptors (Lipinski definition) is 2. The van der Waals surface area contributed by atoms with Crippen molar-refractivity contribution in [3.63, 3.8) is 0 Å². The third-order valence-electron chi connectivity index (χ3n) is 4.93. The van der Waals surface area contributed by atoms with E-state index in [-0.39, 0.29) is 11.9 Å². The predicted octanol–water partition coefficient (Wildman–Crippen LogP) is 4.34. The number of fused-ring (bicyclic) bond motifs is 4. The van der Waals surface area contributed by atoms with Crippen LogP contribution in [0.5, 0.6) is 0 Å². The molecule has 0 spiro atoms. The molecule has 0 fully saturated rings. The maximum absolute atomic E-state index is 13.9. The van der Waals surface area contributed by atoms with E-state index in [1.165, 1.54) is 16.7 Å². The van der Waals surface area contributed by atoms with Gasteiger partial charge in [0.15, 0.2) is 0 Å². The zero-order valence-electron chi connectivity index (χ0n) is 14.2. The van der Waals surface area contributed by atoms with Crippen LogP contribution in [0.2, 0.25) is 0 Å². The van der Waals surface area contributed by atoms with Crippen LogP contribution in [0, 0.1) is 5.82 Å². The smallest absolute Gasteiger partial charge is 0.131 e. The van der Waals surface area contributed by atoms with Gasteiger partial charge in [-0.3, -0.25) is 0 Å². The normalized spacial score (nSPS) is 18.8. The van der Waals surface area contributed by atoms with Crippen molar-refractivity contribution in [1.29, 1.82) is 0 Å². The zero-order valence-corrected chi connectivity index (χ0v) is 14.2. The molecule has 0 radical (unpaired) electrons. The van der Waals surface area contributed by atoms with Gasteiger partial charge >= 0.3 is 0 Å². The lowest BCUT2D eigenvalue weighted by atomic mass is 9.95. The fourth-order valence-electron chi connectivity index (χ4n) is 3.71. The van der Waals surface area contributed by atoms with Crippen LogP contribution in [0.15, 0.2) is 42.5 Å². The highest BCUT2D eigenvalue weighted by atomic mass is 19.1. The average Bonchev–Trinajstić information content (AvgIpc) is 2.94. The molecule has 3 heteroatoms. The number of rotatable bonds is 3. The van der Waals surface area contributed by atoms with Gasteiger partial charge in [0.2, 0.25) is 0 Å². The van der Waals surface area contributed by atoms with Crippen molar-refractivity contribution in [2.45, 2.75) is 25.4 Å². The molecule has 2 aromatic rings. The molecule has 0 bridgehead atoms. The van der Waals surface area contributed by atoms with Crippen molar-refractivity contribution in [3.05, 3.63) is 70.5 Å². The summed E-state index contributed by atoms with van der Waals surface area (Å²) in [5.74, 6) is 0.685. The lowest BCUT2D eigenvalue weighted by Crippen LogP contribution is -2.19. The Morgan fingerprint density at radius 2 is 1.88 bits per heavy atom. The maximum atomic E-state index is 13.9. The van der Waals surface area contributed by atoms with Gasteiger partial charge in [-0.05, 0) is 55.8 Å². The van der Waals surface area contributed by atoms with Crippen LogP contribution in [-0.4, -0.2) is 31.6 Å². The minimum absolute atomic E-state index is 0.166. The van der Waals surface area contributed by atoms with E-state index in [0.717, 1.165) is 42.7 Å². The molecule has 0 saturated heterocycles. The molecule has 0 N–H and O–H groups in total. The summed E-state index contributed by atoms with van der Waals surface area (Å²) in [6.07, 6.45) is 2.87. The summed E-state index contributed by atoms with van der Waals surface area (Å²) in [5.41, 5.74) is 5.86. The van der Waals surface area contributed by atoms with Gasteiger partial charge < -0.3 is 9.64 Å². The highest BCUT2D eigenvalue weighted by molar-refractivity contribution is 5.92. The number of hydrogen-bond donors (Lipinski definition) is 0. The van der Waals surface area contributed by atoms with E-state index < -0.39 is 0 Å². The fraction of sp³-hybridized carbons (Fsp3) is 0.333. The molecule has 2 nitrogen and oxygen atoms in total. The molecule has 1 aliphatic heterocycles. The number of ether oxygens (including phenoxy) is 1. The highest BCUT2D eigenvalue weighted by Gasteiger charge is 2.32. The third-order valence-corrected chi connectivity index (χ3v) is 4.93. The number of nitrogens with zero attached hydrogens (tertiary/aromatic N) is 1. The van der Waals surface area contributed by atoms with Gasteiger partial charge in [-0.25, -0.2) is 4.39 Å². The molecule has 2 aromatic carbocycles. The maximum Gasteiger partial charge on any atom is 0.131 e. The van der Waals surface area contributed by atoms with Crippen LogP contribution in [0.4, 0.5) is 4.39 Å². The summed E-state index contributed by atoms with van der Waals surface area (Å²) in [7, 11) is 4.15. The molecule has 1 heterocycles. The van der Waals surface area contributed by atoms with Crippen LogP contribution in [-0.2, 0) is 11.2 Å². The quantitative estimate of drug-likeness (QED) is 0.833. The second-order valence-electron chi connectivity index (χ2n) is 6.98. The van der Waals surface area contributed by atoms with Crippen molar-refractivity contribution < 1.29 is 9.13 Å². The van der Waals surface area contributed by atoms with Gasteiger partial charge in [0.25, 0.3) is 0 Å². The van der Waals surface area contributed by atoms with E-state index in [4.69, 9.17) is 4.74 Å². The summed E-state index contributed by atoms with van der Waals surface area (Å²) in [4.78, 5) is 2.18. The molecule has 24 heavy (non-hydrogen) atoms. The molecule has 2 aliphatic rings. The van der Waals surface area contributed by atoms with E-state index in [1.807, 2.05) is 6.07 Å². The van der Waals surface area contributed by atoms with E-state index in [9.17, 15) is 4.39 Å². The number of benzene rings is 2. The Bertz CT molecular complexity index is 809. The first-order valence-electron chi connectivity index (χ1n) is 8.53. The molecule has 0 aromatic heterocycles. The van der Waals surface area contributed by atoms with Crippen molar-refractivity contribution >= 4 is 11.3 Å². The van der Waals surface area contributed by atoms with Crippen molar-refractivity contribution in [2.75, 3.05) is 20.6 Å². The van der Waals surface area contributed by atoms with Crippen LogP contribution in [0.3, 0.4) is 0 Å². The highest BCUT2D eigenvalue weighted by Crippen LogP contribution is 2.44. The molecule has 124 valence electrons. The fourth-order valence-corrected chi connectivity index (χ4v) is 3.71. The summed E-state index contributed by atoms with van der Waals surface area (Å²) in [6.45, 7) is 0.989. The van der Waals surface area contributed by atoms with Gasteiger partial charge in [-0.2, -0.15) is 0 Å². The van der Waals surface area contributed by atoms with Crippen LogP contribution in [0.1, 0.15) is 35.1 Å². The first-order chi connectivity index (χ1) is 11.6. The van der Waals surface area contributed by atoms with Gasteiger partial charge in [0, 0.05) is 24.1 Å². The van der Waals surface area contributed by atoms with E-state index in [1.54, 1.807) is 12.1 Å². The average molecular weight is 323 g/mol. The van der Waals surface area contributed by atoms with Crippen molar-refractivity contribution in [2.24, 2.45) is 0 Å². The zero-order chi connectivity index (χ0) is 16.7. The number of halogens is 1. The second kappa shape index (κ2) is 6.06. The molecule has 1 unspecified atom stereocenters. The van der Waals surface area contributed by atoms with Gasteiger partial charge in [-0.15, -0.1) is 0 Å². The van der Waals surface area contributed by atoms with E-state index in [0.29, 0.717) is 0 Å². The Hall–Kier alpha value is -2.13. The predicted molar refractivity (Wildman–Crippen MR) is 95.1 cm³/mol. The molecular weight excluding hydrogens is 301 g/mol. The van der Waals surface area contributed by atoms with Crippen molar-refractivity contribution in [1.82, 2.24) is 4.90 Å². The molecule has 0 saturated carbocycles. The SMILES string of the molecule is CN(C)CCC1CC2=C(O1)c1cc(F)ccc1Cc1ccccc12. The lowest BCUT2D eigenvalue weighted by molar-refractivity contribution is 0.167. The topological polar surface area (TPSA) is 12.5 Å². The third kappa shape index (κ3) is 2.73. The summed E-state index contributed by atoms with van der Waals surface area (Å²) in [6, 6.07) is 13.6. The van der Waals surface area contributed by atoms with Crippen LogP contribution < -0.4 is 0 Å². The minimum Gasteiger partial charge on any atom is -0.489 e. The Morgan fingerprint density at radius 3 is 2.71 bits per heavy atom. The van der Waals surface area contributed by atoms with E-state index in [2.05, 4.69) is 43.3 Å².